The van der Waals surface area contributed by atoms with Gasteiger partial charge in [0, 0.05) is 47.3 Å². The molecule has 0 saturated heterocycles. The van der Waals surface area contributed by atoms with E-state index in [1.807, 2.05) is 0 Å². The van der Waals surface area contributed by atoms with Crippen molar-refractivity contribution in [2.24, 2.45) is 5.73 Å². The van der Waals surface area contributed by atoms with Gasteiger partial charge in [-0.2, -0.15) is 5.23 Å². The monoisotopic (exact) mass is 937 g/mol. The van der Waals surface area contributed by atoms with Crippen LogP contribution in [0.4, 0.5) is 28.4 Å². The second-order valence-electron chi connectivity index (χ2n) is 15.2. The molecule has 68 heavy (non-hydrogen) atoms. The molecule has 12 N–H and O–H groups in total. The number of methoxy groups -OCH3 is 1. The van der Waals surface area contributed by atoms with Crippen LogP contribution in [0.5, 0.6) is 23.0 Å². The number of hydrogen-bond acceptors (Lipinski definition) is 14. The third-order valence-electron chi connectivity index (χ3n) is 9.56. The number of amides is 6. The minimum atomic E-state index is -1.67. The molecule has 1 unspecified atom stereocenters. The van der Waals surface area contributed by atoms with E-state index in [4.69, 9.17) is 25.2 Å². The van der Waals surface area contributed by atoms with Crippen LogP contribution in [0, 0.1) is 5.21 Å². The van der Waals surface area contributed by atoms with E-state index in [2.05, 4.69) is 26.6 Å². The minimum Gasteiger partial charge on any atom is -0.595 e. The summed E-state index contributed by atoms with van der Waals surface area (Å²) < 4.78 is 16.5. The Morgan fingerprint density at radius 3 is 1.47 bits per heavy atom. The lowest BCUT2D eigenvalue weighted by Gasteiger charge is -2.24. The molecule has 356 valence electrons. The summed E-state index contributed by atoms with van der Waals surface area (Å²) in [6.45, 7) is 6.52. The first kappa shape index (κ1) is 50.4. The van der Waals surface area contributed by atoms with Crippen LogP contribution < -0.4 is 47.0 Å². The zero-order valence-electron chi connectivity index (χ0n) is 36.9. The lowest BCUT2D eigenvalue weighted by molar-refractivity contribution is -0.991. The van der Waals surface area contributed by atoms with Crippen molar-refractivity contribution in [3.05, 3.63) is 130 Å². The van der Waals surface area contributed by atoms with Gasteiger partial charge in [-0.1, -0.05) is 0 Å². The molecule has 3 atom stereocenters. The van der Waals surface area contributed by atoms with Crippen LogP contribution in [0.25, 0.3) is 0 Å². The second-order valence-corrected chi connectivity index (χ2v) is 15.2. The number of benzene rings is 5. The van der Waals surface area contributed by atoms with Crippen LogP contribution in [-0.2, 0) is 14.3 Å². The zero-order valence-corrected chi connectivity index (χ0v) is 36.9. The first-order chi connectivity index (χ1) is 32.2. The van der Waals surface area contributed by atoms with Crippen molar-refractivity contribution in [1.29, 1.82) is 0 Å². The summed E-state index contributed by atoms with van der Waals surface area (Å²) in [5, 5.41) is 63.1. The third-order valence-corrected chi connectivity index (χ3v) is 9.56. The Balaban J connectivity index is 1.27. The van der Waals surface area contributed by atoms with Crippen molar-refractivity contribution >= 4 is 69.8 Å². The molecule has 0 heterocycles. The summed E-state index contributed by atoms with van der Waals surface area (Å²) in [6.07, 6.45) is -2.74. The van der Waals surface area contributed by atoms with Crippen LogP contribution in [0.15, 0.2) is 97.1 Å². The van der Waals surface area contributed by atoms with E-state index in [1.165, 1.54) is 91.0 Å². The topological polar surface area (TPSA) is 342 Å². The first-order valence-electron chi connectivity index (χ1n) is 20.4. The number of primary amides is 1. The van der Waals surface area contributed by atoms with E-state index >= 15 is 0 Å². The summed E-state index contributed by atoms with van der Waals surface area (Å²) in [7, 11) is 1.11. The Morgan fingerprint density at radius 2 is 1.01 bits per heavy atom. The lowest BCUT2D eigenvalue weighted by Crippen LogP contribution is -2.99. The number of nitrogens with one attached hydrogen (secondary N) is 6. The number of carbonyl (C=O) groups excluding carboxylic acids is 6. The second kappa shape index (κ2) is 22.1. The SMILES string of the molecule is CO[C@H](C(N)=O)[C@@H](NC(=O)c1ccc(NC(=O)c2ccc([NH+]([O-])O)cc2)cc1)C(=O)Nc1ccc(C(=O)Nc2ccc(C(=O)Nc3ccc(C(=O)O)c(O)c3OC(C)C)c(O)c2OC(C)C)cc1. The molecular formula is C46H47N7O15. The molecular weight excluding hydrogens is 891 g/mol. The van der Waals surface area contributed by atoms with E-state index in [-0.39, 0.29) is 62.2 Å². The molecule has 0 fully saturated rings. The molecule has 0 saturated carbocycles. The number of ether oxygens (including phenoxy) is 3. The molecule has 5 rings (SSSR count). The predicted octanol–water partition coefficient (Wildman–Crippen LogP) is 3.77. The maximum absolute atomic E-state index is 13.6. The molecule has 0 aliphatic rings. The molecule has 6 amide bonds. The summed E-state index contributed by atoms with van der Waals surface area (Å²) >= 11 is 0. The summed E-state index contributed by atoms with van der Waals surface area (Å²) in [4.78, 5) is 90.5. The number of hydrogen-bond donors (Lipinski definition) is 11. The van der Waals surface area contributed by atoms with Crippen LogP contribution in [0.1, 0.15) is 79.5 Å². The number of anilines is 4. The quantitative estimate of drug-likeness (QED) is 0.0525. The van der Waals surface area contributed by atoms with Gasteiger partial charge in [-0.3, -0.25) is 28.8 Å². The van der Waals surface area contributed by atoms with Crippen molar-refractivity contribution in [3.63, 3.8) is 0 Å². The molecule has 0 spiro atoms. The number of carboxylic acid groups (broad SMARTS) is 1. The highest BCUT2D eigenvalue weighted by Gasteiger charge is 2.35. The van der Waals surface area contributed by atoms with E-state index < -0.39 is 88.1 Å². The van der Waals surface area contributed by atoms with E-state index in [0.29, 0.717) is 0 Å². The molecule has 0 radical (unpaired) electrons. The predicted molar refractivity (Wildman–Crippen MR) is 244 cm³/mol. The standard InChI is InChI=1S/C46H47N7O15/c1-22(2)67-37-32(20-18-30(35(37)54)44(60)51-33-21-19-31(46(62)63)36(55)38(33)68-23(3)4)50-42(58)24-6-14-28(15-7-24)49-45(61)34(39(66-5)40(47)56)52-43(59)25-8-12-27(13-9-25)48-41(57)26-10-16-29(17-11-26)53(64)65/h6-23,34,39,53-55,64H,1-5H3,(H2,47,56)(H,48,57)(H,49,61)(H,50,58)(H,51,60)(H,52,59)(H,62,63)/t34-,39+/m1/s1. The number of aromatic hydroxyl groups is 2. The number of phenolic OH excluding ortho intramolecular Hbond substituents is 1. The Labute approximate surface area is 387 Å². The first-order valence-corrected chi connectivity index (χ1v) is 20.4. The fraction of sp³-hybridized carbons (Fsp3) is 0.196. The van der Waals surface area contributed by atoms with Gasteiger partial charge in [-0.25, -0.2) is 10.0 Å². The number of carbonyl (C=O) groups is 7. The van der Waals surface area contributed by atoms with Gasteiger partial charge in [-0.05, 0) is 113 Å². The van der Waals surface area contributed by atoms with Crippen LogP contribution in [0.2, 0.25) is 0 Å². The number of nitrogens with two attached hydrogens (primary N) is 1. The normalized spacial score (nSPS) is 12.2. The molecule has 0 aromatic heterocycles. The van der Waals surface area contributed by atoms with Crippen LogP contribution in [0.3, 0.4) is 0 Å². The number of carboxylic acids is 1. The molecule has 22 nitrogen and oxygen atoms in total. The van der Waals surface area contributed by atoms with Gasteiger partial charge in [0.1, 0.15) is 11.6 Å². The summed E-state index contributed by atoms with van der Waals surface area (Å²) in [6, 6.07) is 19.2. The van der Waals surface area contributed by atoms with Gasteiger partial charge >= 0.3 is 5.97 Å². The number of rotatable bonds is 19. The smallest absolute Gasteiger partial charge is 0.339 e. The fourth-order valence-electron chi connectivity index (χ4n) is 6.31. The minimum absolute atomic E-state index is 0.000873. The van der Waals surface area contributed by atoms with E-state index in [1.54, 1.807) is 27.7 Å². The summed E-state index contributed by atoms with van der Waals surface area (Å²) in [5.41, 5.74) is 5.23. The van der Waals surface area contributed by atoms with Crippen molar-refractivity contribution in [3.8, 4) is 23.0 Å². The van der Waals surface area contributed by atoms with Gasteiger partial charge in [0.25, 0.3) is 23.6 Å². The summed E-state index contributed by atoms with van der Waals surface area (Å²) in [5.74, 6) is -8.38. The fourth-order valence-corrected chi connectivity index (χ4v) is 6.31. The highest BCUT2D eigenvalue weighted by molar-refractivity contribution is 6.11. The molecule has 0 bridgehead atoms. The molecule has 0 aliphatic carbocycles. The van der Waals surface area contributed by atoms with Gasteiger partial charge in [0.15, 0.2) is 34.8 Å². The number of phenols is 2. The maximum atomic E-state index is 13.6. The highest BCUT2D eigenvalue weighted by Crippen LogP contribution is 2.41. The molecule has 5 aromatic rings. The van der Waals surface area contributed by atoms with Crippen molar-refractivity contribution in [2.75, 3.05) is 28.4 Å². The third kappa shape index (κ3) is 12.4. The number of quaternary nitrogens is 1. The molecule has 5 aromatic carbocycles. The van der Waals surface area contributed by atoms with Gasteiger partial charge in [-0.15, -0.1) is 0 Å². The Kier molecular flexibility index (Phi) is 16.4. The van der Waals surface area contributed by atoms with Gasteiger partial charge in [0.2, 0.25) is 11.8 Å². The van der Waals surface area contributed by atoms with E-state index in [9.17, 15) is 54.1 Å². The van der Waals surface area contributed by atoms with Crippen molar-refractivity contribution in [1.82, 2.24) is 5.32 Å². The lowest BCUT2D eigenvalue weighted by atomic mass is 10.1. The Bertz CT molecular complexity index is 2710. The van der Waals surface area contributed by atoms with Gasteiger partial charge < -0.3 is 67.1 Å². The zero-order chi connectivity index (χ0) is 50.0. The van der Waals surface area contributed by atoms with Gasteiger partial charge in [0.05, 0.1) is 29.1 Å². The maximum Gasteiger partial charge on any atom is 0.339 e. The van der Waals surface area contributed by atoms with Crippen LogP contribution >= 0.6 is 0 Å². The van der Waals surface area contributed by atoms with Crippen molar-refractivity contribution in [2.45, 2.75) is 52.0 Å². The van der Waals surface area contributed by atoms with Crippen LogP contribution in [-0.4, -0.2) is 93.4 Å². The largest absolute Gasteiger partial charge is 0.595 e. The average molecular weight is 938 g/mol. The van der Waals surface area contributed by atoms with Crippen molar-refractivity contribution < 1.29 is 73.5 Å². The number of aromatic carboxylic acids is 1. The Hall–Kier alpha value is -8.57. The highest BCUT2D eigenvalue weighted by atomic mass is 16.8. The Morgan fingerprint density at radius 1 is 0.588 bits per heavy atom. The van der Waals surface area contributed by atoms with E-state index in [0.717, 1.165) is 13.2 Å². The average Bonchev–Trinajstić information content (AvgIpc) is 3.28. The molecule has 22 heteroatoms. The molecule has 0 aliphatic heterocycles.